The highest BCUT2D eigenvalue weighted by atomic mass is 16.4. The van der Waals surface area contributed by atoms with Crippen LogP contribution in [0.2, 0.25) is 0 Å². The number of carboxylic acids is 1. The Labute approximate surface area is 130 Å². The number of aromatic carboxylic acids is 1. The van der Waals surface area contributed by atoms with Gasteiger partial charge in [-0.15, -0.1) is 0 Å². The minimum Gasteiger partial charge on any atom is -0.478 e. The minimum absolute atomic E-state index is 0.350. The predicted octanol–water partition coefficient (Wildman–Crippen LogP) is 3.36. The van der Waals surface area contributed by atoms with E-state index in [9.17, 15) is 4.79 Å². The van der Waals surface area contributed by atoms with Gasteiger partial charge in [-0.05, 0) is 41.7 Å². The minimum atomic E-state index is -0.875. The summed E-state index contributed by atoms with van der Waals surface area (Å²) >= 11 is 0. The molecule has 0 spiro atoms. The van der Waals surface area contributed by atoms with Gasteiger partial charge in [-0.1, -0.05) is 25.1 Å². The molecular weight excluding hydrogens is 276 g/mol. The summed E-state index contributed by atoms with van der Waals surface area (Å²) in [7, 11) is 0. The van der Waals surface area contributed by atoms with Crippen molar-refractivity contribution in [2.24, 2.45) is 5.92 Å². The summed E-state index contributed by atoms with van der Waals surface area (Å²) in [5.41, 5.74) is 2.63. The van der Waals surface area contributed by atoms with Gasteiger partial charge in [0.05, 0.1) is 5.56 Å². The van der Waals surface area contributed by atoms with E-state index in [-0.39, 0.29) is 0 Å². The molecule has 1 fully saturated rings. The maximum atomic E-state index is 11.1. The van der Waals surface area contributed by atoms with Gasteiger partial charge in [0.25, 0.3) is 0 Å². The first-order valence-corrected chi connectivity index (χ1v) is 7.59. The predicted molar refractivity (Wildman–Crippen MR) is 84.6 cm³/mol. The molecule has 3 rings (SSSR count). The Kier molecular flexibility index (Phi) is 4.20. The topological polar surface area (TPSA) is 53.4 Å². The molecule has 1 aromatic heterocycles. The van der Waals surface area contributed by atoms with Gasteiger partial charge in [0.15, 0.2) is 0 Å². The van der Waals surface area contributed by atoms with Crippen LogP contribution in [0.15, 0.2) is 48.8 Å². The molecule has 0 aliphatic carbocycles. The molecule has 4 nitrogen and oxygen atoms in total. The first kappa shape index (κ1) is 14.7. The van der Waals surface area contributed by atoms with Crippen molar-refractivity contribution in [3.05, 3.63) is 65.5 Å². The van der Waals surface area contributed by atoms with Crippen molar-refractivity contribution >= 4 is 5.97 Å². The largest absolute Gasteiger partial charge is 0.478 e. The Balaban J connectivity index is 1.81. The van der Waals surface area contributed by atoms with Gasteiger partial charge in [-0.3, -0.25) is 9.88 Å². The van der Waals surface area contributed by atoms with Crippen LogP contribution in [0.4, 0.5) is 0 Å². The number of rotatable bonds is 4. The summed E-state index contributed by atoms with van der Waals surface area (Å²) in [6.07, 6.45) is 4.84. The molecule has 0 radical (unpaired) electrons. The van der Waals surface area contributed by atoms with Gasteiger partial charge >= 0.3 is 5.97 Å². The number of hydrogen-bond acceptors (Lipinski definition) is 3. The number of aromatic nitrogens is 1. The van der Waals surface area contributed by atoms with Crippen LogP contribution in [-0.2, 0) is 6.54 Å². The number of benzene rings is 1. The fourth-order valence-corrected chi connectivity index (χ4v) is 3.26. The van der Waals surface area contributed by atoms with Gasteiger partial charge in [0.1, 0.15) is 0 Å². The first-order valence-electron chi connectivity index (χ1n) is 7.59. The van der Waals surface area contributed by atoms with Crippen LogP contribution in [0.1, 0.15) is 40.9 Å². The number of carboxylic acid groups (broad SMARTS) is 1. The van der Waals surface area contributed by atoms with Gasteiger partial charge in [-0.25, -0.2) is 4.79 Å². The van der Waals surface area contributed by atoms with E-state index in [1.54, 1.807) is 18.3 Å². The van der Waals surface area contributed by atoms with Gasteiger partial charge in [-0.2, -0.15) is 0 Å². The van der Waals surface area contributed by atoms with Crippen LogP contribution in [0.5, 0.6) is 0 Å². The van der Waals surface area contributed by atoms with Crippen molar-refractivity contribution in [2.45, 2.75) is 25.9 Å². The van der Waals surface area contributed by atoms with E-state index in [0.29, 0.717) is 17.5 Å². The summed E-state index contributed by atoms with van der Waals surface area (Å²) in [6.45, 7) is 4.05. The molecule has 1 aliphatic rings. The fraction of sp³-hybridized carbons (Fsp3) is 0.333. The smallest absolute Gasteiger partial charge is 0.335 e. The zero-order valence-corrected chi connectivity index (χ0v) is 12.6. The monoisotopic (exact) mass is 296 g/mol. The molecule has 22 heavy (non-hydrogen) atoms. The molecule has 0 bridgehead atoms. The quantitative estimate of drug-likeness (QED) is 0.940. The number of likely N-dealkylation sites (tertiary alicyclic amines) is 1. The van der Waals surface area contributed by atoms with Crippen molar-refractivity contribution in [2.75, 3.05) is 6.54 Å². The fourth-order valence-electron chi connectivity index (χ4n) is 3.26. The standard InChI is InChI=1S/C18H20N2O2/c1-13-8-17(16-6-3-7-19-10-16)20(11-13)12-14-4-2-5-15(9-14)18(21)22/h2-7,9-10,13,17H,8,11-12H2,1H3,(H,21,22). The second-order valence-electron chi connectivity index (χ2n) is 6.08. The summed E-state index contributed by atoms with van der Waals surface area (Å²) in [5.74, 6) is -0.242. The lowest BCUT2D eigenvalue weighted by Crippen LogP contribution is -2.23. The molecule has 2 aromatic rings. The average Bonchev–Trinajstić information content (AvgIpc) is 2.89. The lowest BCUT2D eigenvalue weighted by molar-refractivity contribution is 0.0696. The maximum absolute atomic E-state index is 11.1. The molecule has 1 aromatic carbocycles. The molecule has 0 saturated carbocycles. The van der Waals surface area contributed by atoms with E-state index in [4.69, 9.17) is 5.11 Å². The number of nitrogens with zero attached hydrogens (tertiary/aromatic N) is 2. The van der Waals surface area contributed by atoms with Gasteiger partial charge < -0.3 is 5.11 Å². The maximum Gasteiger partial charge on any atom is 0.335 e. The second-order valence-corrected chi connectivity index (χ2v) is 6.08. The van der Waals surface area contributed by atoms with Gasteiger partial charge in [0.2, 0.25) is 0 Å². The number of pyridine rings is 1. The molecule has 1 aliphatic heterocycles. The summed E-state index contributed by atoms with van der Waals surface area (Å²) in [5, 5.41) is 9.12. The Morgan fingerprint density at radius 2 is 2.23 bits per heavy atom. The second kappa shape index (κ2) is 6.28. The normalized spacial score (nSPS) is 21.9. The molecule has 2 atom stereocenters. The first-order chi connectivity index (χ1) is 10.6. The van der Waals surface area contributed by atoms with Crippen LogP contribution < -0.4 is 0 Å². The Hall–Kier alpha value is -2.20. The zero-order valence-electron chi connectivity index (χ0n) is 12.6. The highest BCUT2D eigenvalue weighted by molar-refractivity contribution is 5.87. The lowest BCUT2D eigenvalue weighted by Gasteiger charge is -2.24. The summed E-state index contributed by atoms with van der Waals surface area (Å²) < 4.78 is 0. The molecule has 114 valence electrons. The van der Waals surface area contributed by atoms with Crippen molar-refractivity contribution in [1.82, 2.24) is 9.88 Å². The van der Waals surface area contributed by atoms with Crippen LogP contribution in [0.25, 0.3) is 0 Å². The van der Waals surface area contributed by atoms with E-state index in [2.05, 4.69) is 22.9 Å². The molecule has 0 amide bonds. The molecule has 2 heterocycles. The SMILES string of the molecule is CC1CC(c2cccnc2)N(Cc2cccc(C(=O)O)c2)C1. The van der Waals surface area contributed by atoms with Crippen molar-refractivity contribution < 1.29 is 9.90 Å². The van der Waals surface area contributed by atoms with Crippen molar-refractivity contribution in [3.8, 4) is 0 Å². The Bertz CT molecular complexity index is 657. The third-order valence-electron chi connectivity index (χ3n) is 4.24. The molecule has 1 saturated heterocycles. The Morgan fingerprint density at radius 3 is 2.95 bits per heavy atom. The summed E-state index contributed by atoms with van der Waals surface area (Å²) in [4.78, 5) is 17.8. The van der Waals surface area contributed by atoms with Crippen LogP contribution in [0, 0.1) is 5.92 Å². The van der Waals surface area contributed by atoms with Crippen LogP contribution in [-0.4, -0.2) is 27.5 Å². The third kappa shape index (κ3) is 3.17. The lowest BCUT2D eigenvalue weighted by atomic mass is 10.0. The van der Waals surface area contributed by atoms with E-state index in [0.717, 1.165) is 25.1 Å². The van der Waals surface area contributed by atoms with Gasteiger partial charge in [0, 0.05) is 31.5 Å². The van der Waals surface area contributed by atoms with Crippen molar-refractivity contribution in [1.29, 1.82) is 0 Å². The summed E-state index contributed by atoms with van der Waals surface area (Å²) in [6, 6.07) is 11.7. The molecule has 4 heteroatoms. The van der Waals surface area contributed by atoms with E-state index >= 15 is 0 Å². The molecular formula is C18H20N2O2. The highest BCUT2D eigenvalue weighted by Gasteiger charge is 2.30. The third-order valence-corrected chi connectivity index (χ3v) is 4.24. The Morgan fingerprint density at radius 1 is 1.36 bits per heavy atom. The van der Waals surface area contributed by atoms with Crippen molar-refractivity contribution in [3.63, 3.8) is 0 Å². The van der Waals surface area contributed by atoms with E-state index < -0.39 is 5.97 Å². The molecule has 2 unspecified atom stereocenters. The zero-order chi connectivity index (χ0) is 15.5. The van der Waals surface area contributed by atoms with E-state index in [1.165, 1.54) is 5.56 Å². The van der Waals surface area contributed by atoms with Crippen LogP contribution >= 0.6 is 0 Å². The van der Waals surface area contributed by atoms with E-state index in [1.807, 2.05) is 24.4 Å². The number of hydrogen-bond donors (Lipinski definition) is 1. The highest BCUT2D eigenvalue weighted by Crippen LogP contribution is 2.35. The average molecular weight is 296 g/mol. The van der Waals surface area contributed by atoms with Crippen LogP contribution in [0.3, 0.4) is 0 Å². The molecule has 1 N–H and O–H groups in total. The number of carbonyl (C=O) groups is 1.